The number of nitrogens with zero attached hydrogens (tertiary/aromatic N) is 2. The van der Waals surface area contributed by atoms with E-state index in [9.17, 15) is 9.59 Å². The van der Waals surface area contributed by atoms with Gasteiger partial charge in [0.2, 0.25) is 0 Å². The average molecular weight is 558 g/mol. The van der Waals surface area contributed by atoms with Crippen LogP contribution >= 0.6 is 0 Å². The maximum atomic E-state index is 12.5. The topological polar surface area (TPSA) is 55.8 Å². The highest BCUT2D eigenvalue weighted by Crippen LogP contribution is 2.67. The van der Waals surface area contributed by atoms with Crippen LogP contribution in [-0.2, 0) is 19.1 Å². The quantitative estimate of drug-likeness (QED) is 0.315. The van der Waals surface area contributed by atoms with Crippen molar-refractivity contribution in [3.63, 3.8) is 0 Å². The van der Waals surface area contributed by atoms with Gasteiger partial charge < -0.3 is 14.0 Å². The Morgan fingerprint density at radius 1 is 0.800 bits per heavy atom. The highest BCUT2D eigenvalue weighted by Gasteiger charge is 2.67. The summed E-state index contributed by atoms with van der Waals surface area (Å²) < 4.78 is 13.5. The molecule has 0 aromatic heterocycles. The third kappa shape index (κ3) is 4.85. The highest BCUT2D eigenvalue weighted by molar-refractivity contribution is 5.66. The number of hydrogen-bond acceptors (Lipinski definition) is 5. The van der Waals surface area contributed by atoms with Crippen molar-refractivity contribution in [2.45, 2.75) is 135 Å². The van der Waals surface area contributed by atoms with Crippen LogP contribution in [0.15, 0.2) is 0 Å². The Kier molecular flexibility index (Phi) is 7.85. The summed E-state index contributed by atoms with van der Waals surface area (Å²) in [6.45, 7) is 13.1. The summed E-state index contributed by atoms with van der Waals surface area (Å²) in [4.78, 5) is 27.4. The molecule has 6 rings (SSSR count). The van der Waals surface area contributed by atoms with Gasteiger partial charge >= 0.3 is 11.9 Å². The minimum absolute atomic E-state index is 0.0466. The smallest absolute Gasteiger partial charge is 0.303 e. The third-order valence-corrected chi connectivity index (χ3v) is 13.7. The number of ether oxygens (including phenoxy) is 2. The van der Waals surface area contributed by atoms with Crippen LogP contribution in [0.3, 0.4) is 0 Å². The zero-order valence-corrected chi connectivity index (χ0v) is 26.2. The molecule has 4 aliphatic carbocycles. The van der Waals surface area contributed by atoms with E-state index in [0.717, 1.165) is 29.9 Å². The van der Waals surface area contributed by atoms with E-state index in [1.165, 1.54) is 90.1 Å². The fourth-order valence-electron chi connectivity index (χ4n) is 11.7. The molecule has 6 nitrogen and oxygen atoms in total. The molecule has 0 radical (unpaired) electrons. The van der Waals surface area contributed by atoms with Crippen LogP contribution in [0.4, 0.5) is 0 Å². The summed E-state index contributed by atoms with van der Waals surface area (Å²) in [5.41, 5.74) is 0.377. The van der Waals surface area contributed by atoms with Crippen LogP contribution in [0.2, 0.25) is 0 Å². The number of rotatable bonds is 4. The van der Waals surface area contributed by atoms with Crippen molar-refractivity contribution in [2.75, 3.05) is 33.2 Å². The lowest BCUT2D eigenvalue weighted by atomic mass is 9.44. The van der Waals surface area contributed by atoms with E-state index in [1.807, 2.05) is 0 Å². The Morgan fingerprint density at radius 3 is 2.15 bits per heavy atom. The Labute approximate surface area is 243 Å². The molecule has 40 heavy (non-hydrogen) atoms. The van der Waals surface area contributed by atoms with Crippen molar-refractivity contribution in [3.05, 3.63) is 0 Å². The van der Waals surface area contributed by atoms with Gasteiger partial charge in [-0.05, 0) is 113 Å². The van der Waals surface area contributed by atoms with E-state index in [2.05, 4.69) is 25.8 Å². The van der Waals surface area contributed by atoms with Crippen LogP contribution in [-0.4, -0.2) is 78.8 Å². The zero-order valence-electron chi connectivity index (χ0n) is 26.2. The second kappa shape index (κ2) is 10.8. The molecule has 6 aliphatic rings. The fraction of sp³-hybridized carbons (Fsp3) is 0.941. The van der Waals surface area contributed by atoms with E-state index in [-0.39, 0.29) is 29.6 Å². The summed E-state index contributed by atoms with van der Waals surface area (Å²) in [6.07, 6.45) is 16.3. The lowest BCUT2D eigenvalue weighted by Crippen LogP contribution is -2.61. The van der Waals surface area contributed by atoms with Crippen LogP contribution in [0.25, 0.3) is 0 Å². The maximum absolute atomic E-state index is 12.5. The summed E-state index contributed by atoms with van der Waals surface area (Å²) in [5, 5.41) is 0. The Bertz CT molecular complexity index is 958. The lowest BCUT2D eigenvalue weighted by molar-refractivity contribution is -0.940. The number of quaternary nitrogens is 1. The SMILES string of the molecule is CC(=O)O[C@H]1C[C@@H]2CC[C@@H]3[C@H](CC[C@]4(C)[C@H]3C[C@H]([N+]3(C)CCCCC3)[C@@H]4OC(C)=O)[C@@]2(C)C[C@@H]1N1CCCCC1. The number of carbonyl (C=O) groups excluding carboxylic acids is 2. The molecule has 0 amide bonds. The second-order valence-electron chi connectivity index (χ2n) is 15.8. The summed E-state index contributed by atoms with van der Waals surface area (Å²) in [6, 6.07) is 0.796. The first-order valence-electron chi connectivity index (χ1n) is 17.0. The van der Waals surface area contributed by atoms with Gasteiger partial charge in [0.05, 0.1) is 20.1 Å². The van der Waals surface area contributed by atoms with E-state index in [1.54, 1.807) is 13.8 Å². The zero-order chi connectivity index (χ0) is 28.3. The van der Waals surface area contributed by atoms with Gasteiger partial charge in [0, 0.05) is 31.7 Å². The van der Waals surface area contributed by atoms with E-state index in [0.29, 0.717) is 35.3 Å². The first-order valence-corrected chi connectivity index (χ1v) is 17.0. The average Bonchev–Trinajstić information content (AvgIpc) is 3.21. The summed E-state index contributed by atoms with van der Waals surface area (Å²) in [5.74, 6) is 2.50. The van der Waals surface area contributed by atoms with Gasteiger partial charge in [0.25, 0.3) is 0 Å². The molecule has 6 fully saturated rings. The van der Waals surface area contributed by atoms with Crippen LogP contribution in [0, 0.1) is 34.5 Å². The van der Waals surface area contributed by atoms with Crippen molar-refractivity contribution in [1.29, 1.82) is 0 Å². The van der Waals surface area contributed by atoms with Gasteiger partial charge in [-0.25, -0.2) is 0 Å². The van der Waals surface area contributed by atoms with Crippen molar-refractivity contribution in [3.8, 4) is 0 Å². The normalized spacial score (nSPS) is 46.9. The monoisotopic (exact) mass is 557 g/mol. The number of piperidine rings is 2. The van der Waals surface area contributed by atoms with Gasteiger partial charge in [-0.2, -0.15) is 0 Å². The van der Waals surface area contributed by atoms with Gasteiger partial charge in [-0.3, -0.25) is 14.5 Å². The summed E-state index contributed by atoms with van der Waals surface area (Å²) >= 11 is 0. The molecule has 0 N–H and O–H groups in total. The predicted molar refractivity (Wildman–Crippen MR) is 156 cm³/mol. The molecule has 0 bridgehead atoms. The molecular formula is C34H57N2O4+. The Hall–Kier alpha value is -1.14. The second-order valence-corrected chi connectivity index (χ2v) is 15.8. The molecular weight excluding hydrogens is 500 g/mol. The molecule has 2 saturated heterocycles. The molecule has 10 atom stereocenters. The molecule has 226 valence electrons. The number of hydrogen-bond donors (Lipinski definition) is 0. The van der Waals surface area contributed by atoms with Gasteiger partial charge in [0.15, 0.2) is 6.10 Å². The Balaban J connectivity index is 1.29. The maximum Gasteiger partial charge on any atom is 0.303 e. The fourth-order valence-corrected chi connectivity index (χ4v) is 11.7. The highest BCUT2D eigenvalue weighted by atomic mass is 16.5. The van der Waals surface area contributed by atoms with Crippen LogP contribution in [0.1, 0.15) is 111 Å². The van der Waals surface area contributed by atoms with Crippen LogP contribution < -0.4 is 0 Å². The van der Waals surface area contributed by atoms with E-state index in [4.69, 9.17) is 9.47 Å². The standard InChI is InChI=1S/C34H57N2O4/c1-23(37)39-31-20-25-12-13-26-27(34(25,4)22-29(31)35-16-8-6-9-17-35)14-15-33(3)28(26)21-30(32(33)40-24(2)38)36(5)18-10-7-11-19-36/h25-32H,6-22H2,1-5H3/q+1/t25-,26+,27-,28-,29-,30-,31-,32-,33+,34-/m0/s1. The molecule has 2 aliphatic heterocycles. The summed E-state index contributed by atoms with van der Waals surface area (Å²) in [7, 11) is 2.47. The van der Waals surface area contributed by atoms with Gasteiger partial charge in [-0.15, -0.1) is 0 Å². The molecule has 4 saturated carbocycles. The molecule has 0 aromatic carbocycles. The van der Waals surface area contributed by atoms with Crippen molar-refractivity contribution < 1.29 is 23.5 Å². The number of likely N-dealkylation sites (N-methyl/N-ethyl adjacent to an activating group) is 1. The van der Waals surface area contributed by atoms with Crippen molar-refractivity contribution in [1.82, 2.24) is 4.90 Å². The first kappa shape index (κ1) is 29.0. The minimum atomic E-state index is -0.111. The number of likely N-dealkylation sites (tertiary alicyclic amines) is 2. The van der Waals surface area contributed by atoms with Crippen molar-refractivity contribution >= 4 is 11.9 Å². The van der Waals surface area contributed by atoms with Gasteiger partial charge in [0.1, 0.15) is 12.1 Å². The predicted octanol–water partition coefficient (Wildman–Crippen LogP) is 5.97. The largest absolute Gasteiger partial charge is 0.461 e. The van der Waals surface area contributed by atoms with Crippen molar-refractivity contribution in [2.24, 2.45) is 34.5 Å². The number of esters is 2. The molecule has 6 heteroatoms. The minimum Gasteiger partial charge on any atom is -0.461 e. The Morgan fingerprint density at radius 2 is 1.48 bits per heavy atom. The van der Waals surface area contributed by atoms with Gasteiger partial charge in [-0.1, -0.05) is 20.3 Å². The molecule has 0 aromatic rings. The molecule has 2 heterocycles. The number of carbonyl (C=O) groups is 2. The van der Waals surface area contributed by atoms with E-state index >= 15 is 0 Å². The lowest BCUT2D eigenvalue weighted by Gasteiger charge is -2.62. The third-order valence-electron chi connectivity index (χ3n) is 13.7. The number of fused-ring (bicyclic) bond motifs is 5. The van der Waals surface area contributed by atoms with Crippen LogP contribution in [0.5, 0.6) is 0 Å². The van der Waals surface area contributed by atoms with E-state index < -0.39 is 0 Å². The first-order chi connectivity index (χ1) is 19.0. The molecule has 0 spiro atoms. The molecule has 0 unspecified atom stereocenters.